The maximum absolute atomic E-state index is 7.87. The summed E-state index contributed by atoms with van der Waals surface area (Å²) in [5.41, 5.74) is 14.1. The first-order valence-electron chi connectivity index (χ1n) is 6.01. The smallest absolute Gasteiger partial charge is 0.332 e. The maximum Gasteiger partial charge on any atom is 0.332 e. The van der Waals surface area contributed by atoms with E-state index in [1.165, 1.54) is 0 Å². The molecule has 20 heavy (non-hydrogen) atoms. The Morgan fingerprint density at radius 2 is 1.80 bits per heavy atom. The van der Waals surface area contributed by atoms with Gasteiger partial charge < -0.3 is 11.5 Å². The van der Waals surface area contributed by atoms with Crippen LogP contribution in [0.4, 0.5) is 5.69 Å². The van der Waals surface area contributed by atoms with Crippen molar-refractivity contribution in [3.8, 4) is 0 Å². The summed E-state index contributed by atoms with van der Waals surface area (Å²) in [7, 11) is 0. The van der Waals surface area contributed by atoms with E-state index < -0.39 is 4.59 Å². The number of nitrogens with zero attached hydrogens (tertiary/aromatic N) is 2. The van der Waals surface area contributed by atoms with Gasteiger partial charge in [-0.15, -0.1) is 12.4 Å². The fourth-order valence-electron chi connectivity index (χ4n) is 1.63. The molecule has 1 rings (SSSR count). The SMILES string of the molecule is CC/C(C)=N/[N+](C(=N)N)(C(N)=S)c1ccc(C)cc1.Cl. The van der Waals surface area contributed by atoms with Crippen LogP contribution in [0, 0.1) is 12.3 Å². The number of nitrogens with two attached hydrogens (primary N) is 2. The largest absolute Gasteiger partial charge is 0.342 e. The first-order chi connectivity index (χ1) is 8.84. The number of nitrogens with one attached hydrogen (secondary N) is 1. The van der Waals surface area contributed by atoms with Crippen LogP contribution in [0.5, 0.6) is 0 Å². The molecule has 1 unspecified atom stereocenters. The Labute approximate surface area is 131 Å². The Hall–Kier alpha value is -1.50. The predicted octanol–water partition coefficient (Wildman–Crippen LogP) is 2.65. The Morgan fingerprint density at radius 1 is 1.30 bits per heavy atom. The number of rotatable bonds is 3. The molecule has 0 aliphatic rings. The minimum atomic E-state index is -0.449. The van der Waals surface area contributed by atoms with E-state index in [-0.39, 0.29) is 23.5 Å². The molecule has 0 heterocycles. The van der Waals surface area contributed by atoms with Crippen molar-refractivity contribution in [3.63, 3.8) is 0 Å². The quantitative estimate of drug-likeness (QED) is 0.263. The van der Waals surface area contributed by atoms with E-state index in [0.29, 0.717) is 5.69 Å². The van der Waals surface area contributed by atoms with Crippen molar-refractivity contribution in [3.05, 3.63) is 29.8 Å². The summed E-state index contributed by atoms with van der Waals surface area (Å²) in [6.45, 7) is 5.82. The second kappa shape index (κ2) is 7.33. The molecule has 0 radical (unpaired) electrons. The summed E-state index contributed by atoms with van der Waals surface area (Å²) < 4.78 is -0.449. The molecule has 1 aromatic rings. The number of quaternary nitrogens is 1. The zero-order valence-electron chi connectivity index (χ0n) is 11.9. The number of halogens is 1. The van der Waals surface area contributed by atoms with E-state index in [1.54, 1.807) is 0 Å². The molecule has 1 aromatic carbocycles. The number of hydrogen-bond acceptors (Lipinski definition) is 3. The molecule has 5 N–H and O–H groups in total. The molecular formula is C13H21ClN5S+. The highest BCUT2D eigenvalue weighted by molar-refractivity contribution is 7.80. The van der Waals surface area contributed by atoms with Gasteiger partial charge in [-0.1, -0.05) is 29.7 Å². The lowest BCUT2D eigenvalue weighted by molar-refractivity contribution is 0.617. The van der Waals surface area contributed by atoms with Crippen LogP contribution in [0.3, 0.4) is 0 Å². The minimum Gasteiger partial charge on any atom is -0.342 e. The number of thiocarbonyl (C=S) groups is 1. The van der Waals surface area contributed by atoms with Crippen LogP contribution >= 0.6 is 24.6 Å². The number of benzene rings is 1. The molecule has 0 aromatic heterocycles. The van der Waals surface area contributed by atoms with Gasteiger partial charge in [-0.3, -0.25) is 0 Å². The third-order valence-electron chi connectivity index (χ3n) is 2.91. The molecule has 0 amide bonds. The van der Waals surface area contributed by atoms with Crippen molar-refractivity contribution < 1.29 is 0 Å². The van der Waals surface area contributed by atoms with Crippen molar-refractivity contribution in [2.24, 2.45) is 16.6 Å². The van der Waals surface area contributed by atoms with Gasteiger partial charge in [0.2, 0.25) is 0 Å². The Morgan fingerprint density at radius 3 is 2.15 bits per heavy atom. The van der Waals surface area contributed by atoms with Crippen molar-refractivity contribution in [2.75, 3.05) is 0 Å². The zero-order chi connectivity index (χ0) is 14.6. The van der Waals surface area contributed by atoms with Gasteiger partial charge in [-0.2, -0.15) is 0 Å². The predicted molar refractivity (Wildman–Crippen MR) is 92.3 cm³/mol. The topological polar surface area (TPSA) is 88.2 Å². The lowest BCUT2D eigenvalue weighted by Gasteiger charge is -2.27. The summed E-state index contributed by atoms with van der Waals surface area (Å²) in [5, 5.41) is 12.4. The molecule has 1 atom stereocenters. The van der Waals surface area contributed by atoms with E-state index in [0.717, 1.165) is 17.7 Å². The summed E-state index contributed by atoms with van der Waals surface area (Å²) in [6, 6.07) is 7.51. The van der Waals surface area contributed by atoms with Crippen molar-refractivity contribution in [1.29, 1.82) is 5.41 Å². The first-order valence-corrected chi connectivity index (χ1v) is 6.42. The van der Waals surface area contributed by atoms with E-state index in [1.807, 2.05) is 45.0 Å². The van der Waals surface area contributed by atoms with Crippen LogP contribution in [-0.2, 0) is 0 Å². The lowest BCUT2D eigenvalue weighted by atomic mass is 10.2. The molecule has 5 nitrogen and oxygen atoms in total. The second-order valence-electron chi connectivity index (χ2n) is 4.38. The highest BCUT2D eigenvalue weighted by Crippen LogP contribution is 2.25. The average molecular weight is 315 g/mol. The van der Waals surface area contributed by atoms with Gasteiger partial charge in [0.05, 0.1) is 5.71 Å². The third-order valence-corrected chi connectivity index (χ3v) is 3.17. The van der Waals surface area contributed by atoms with Gasteiger partial charge in [-0.05, 0) is 24.9 Å². The maximum atomic E-state index is 7.87. The van der Waals surface area contributed by atoms with Crippen LogP contribution in [-0.4, -0.2) is 16.8 Å². The standard InChI is InChI=1S/C13H19N5S.ClH/c1-4-10(3)17-18(12(14)15,13(16)19)11-7-5-9(2)6-8-11;/h5-8H,4H2,1-3H3,(H4-,14,15,16,19);1H/p+1/b17-10+;. The van der Waals surface area contributed by atoms with Crippen molar-refractivity contribution in [2.45, 2.75) is 27.2 Å². The van der Waals surface area contributed by atoms with Crippen LogP contribution in [0.25, 0.3) is 0 Å². The molecule has 0 saturated carbocycles. The van der Waals surface area contributed by atoms with Gasteiger partial charge in [0.1, 0.15) is 0 Å². The number of aryl methyl sites for hydroxylation is 1. The second-order valence-corrected chi connectivity index (χ2v) is 4.80. The highest BCUT2D eigenvalue weighted by Gasteiger charge is 2.40. The van der Waals surface area contributed by atoms with Crippen LogP contribution < -0.4 is 16.1 Å². The van der Waals surface area contributed by atoms with Gasteiger partial charge >= 0.3 is 11.1 Å². The lowest BCUT2D eigenvalue weighted by Crippen LogP contribution is -2.60. The number of guanidine groups is 1. The van der Waals surface area contributed by atoms with Gasteiger partial charge in [0.25, 0.3) is 0 Å². The fraction of sp³-hybridized carbons (Fsp3) is 0.308. The number of hydrogen-bond donors (Lipinski definition) is 3. The molecular weight excluding hydrogens is 294 g/mol. The Balaban J connectivity index is 0.00000361. The molecule has 0 spiro atoms. The van der Waals surface area contributed by atoms with E-state index in [4.69, 9.17) is 29.1 Å². The Bertz CT molecular complexity index is 510. The molecule has 0 saturated heterocycles. The minimum absolute atomic E-state index is 0. The van der Waals surface area contributed by atoms with Crippen LogP contribution in [0.2, 0.25) is 0 Å². The van der Waals surface area contributed by atoms with E-state index >= 15 is 0 Å². The molecule has 0 aliphatic carbocycles. The molecule has 0 bridgehead atoms. The van der Waals surface area contributed by atoms with E-state index in [2.05, 4.69) is 5.10 Å². The highest BCUT2D eigenvalue weighted by atomic mass is 35.5. The summed E-state index contributed by atoms with van der Waals surface area (Å²) in [6.07, 6.45) is 0.738. The molecule has 0 fully saturated rings. The normalized spacial score (nSPS) is 14.1. The van der Waals surface area contributed by atoms with Crippen molar-refractivity contribution in [1.82, 2.24) is 4.59 Å². The summed E-state index contributed by atoms with van der Waals surface area (Å²) in [5.74, 6) is -0.218. The van der Waals surface area contributed by atoms with Crippen molar-refractivity contribution >= 4 is 47.1 Å². The monoisotopic (exact) mass is 314 g/mol. The third kappa shape index (κ3) is 3.53. The van der Waals surface area contributed by atoms with Gasteiger partial charge in [0, 0.05) is 24.4 Å². The fourth-order valence-corrected chi connectivity index (χ4v) is 1.88. The van der Waals surface area contributed by atoms with Crippen LogP contribution in [0.15, 0.2) is 29.4 Å². The molecule has 110 valence electrons. The molecule has 7 heteroatoms. The summed E-state index contributed by atoms with van der Waals surface area (Å²) >= 11 is 5.11. The van der Waals surface area contributed by atoms with Gasteiger partial charge in [0.15, 0.2) is 5.69 Å². The van der Waals surface area contributed by atoms with Gasteiger partial charge in [-0.25, -0.2) is 5.41 Å². The summed E-state index contributed by atoms with van der Waals surface area (Å²) in [4.78, 5) is 0. The van der Waals surface area contributed by atoms with E-state index in [9.17, 15) is 0 Å². The Kier molecular flexibility index (Phi) is 6.78. The van der Waals surface area contributed by atoms with Crippen LogP contribution in [0.1, 0.15) is 25.8 Å². The average Bonchev–Trinajstić information content (AvgIpc) is 2.36. The first kappa shape index (κ1) is 18.5. The molecule has 0 aliphatic heterocycles. The zero-order valence-corrected chi connectivity index (χ0v) is 13.5.